The highest BCUT2D eigenvalue weighted by atomic mass is 16.3. The van der Waals surface area contributed by atoms with Crippen molar-refractivity contribution < 1.29 is 20.1 Å². The molecule has 0 unspecified atom stereocenters. The first-order valence-electron chi connectivity index (χ1n) is 5.09. The Balaban J connectivity index is 2.83. The molecule has 0 aliphatic carbocycles. The molecular formula is C11H15NO4. The summed E-state index contributed by atoms with van der Waals surface area (Å²) in [4.78, 5) is 11.6. The minimum absolute atomic E-state index is 0.214. The van der Waals surface area contributed by atoms with Crippen LogP contribution < -0.4 is 5.32 Å². The standard InChI is InChI=1S/C11H15NO4/c1-2-3-4-12-11(16)10-8(14)5-7(13)6-9(10)15/h5-6,13-15H,2-4H2,1H3,(H,12,16). The monoisotopic (exact) mass is 225 g/mol. The van der Waals surface area contributed by atoms with Gasteiger partial charge < -0.3 is 20.6 Å². The van der Waals surface area contributed by atoms with Crippen LogP contribution in [0, 0.1) is 0 Å². The van der Waals surface area contributed by atoms with Crippen LogP contribution in [0.3, 0.4) is 0 Å². The van der Waals surface area contributed by atoms with Crippen molar-refractivity contribution in [2.45, 2.75) is 19.8 Å². The predicted octanol–water partition coefficient (Wildman–Crippen LogP) is 1.33. The van der Waals surface area contributed by atoms with Gasteiger partial charge in [0.25, 0.3) is 5.91 Å². The van der Waals surface area contributed by atoms with Gasteiger partial charge in [0.15, 0.2) is 0 Å². The van der Waals surface area contributed by atoms with Gasteiger partial charge in [-0.15, -0.1) is 0 Å². The fraction of sp³-hybridized carbons (Fsp3) is 0.364. The largest absolute Gasteiger partial charge is 0.508 e. The maximum Gasteiger partial charge on any atom is 0.258 e. The SMILES string of the molecule is CCCCNC(=O)c1c(O)cc(O)cc1O. The smallest absolute Gasteiger partial charge is 0.258 e. The predicted molar refractivity (Wildman–Crippen MR) is 58.7 cm³/mol. The van der Waals surface area contributed by atoms with Gasteiger partial charge in [-0.1, -0.05) is 13.3 Å². The molecule has 1 rings (SSSR count). The number of rotatable bonds is 4. The van der Waals surface area contributed by atoms with Crippen molar-refractivity contribution in [1.29, 1.82) is 0 Å². The summed E-state index contributed by atoms with van der Waals surface area (Å²) < 4.78 is 0. The van der Waals surface area contributed by atoms with Gasteiger partial charge in [-0.2, -0.15) is 0 Å². The molecule has 0 aromatic heterocycles. The molecule has 0 aliphatic rings. The molecule has 0 atom stereocenters. The number of unbranched alkanes of at least 4 members (excludes halogenated alkanes) is 1. The van der Waals surface area contributed by atoms with Crippen molar-refractivity contribution in [1.82, 2.24) is 5.32 Å². The van der Waals surface area contributed by atoms with E-state index in [1.165, 1.54) is 0 Å². The Hall–Kier alpha value is -1.91. The van der Waals surface area contributed by atoms with Crippen molar-refractivity contribution in [3.05, 3.63) is 17.7 Å². The van der Waals surface area contributed by atoms with E-state index in [0.717, 1.165) is 25.0 Å². The summed E-state index contributed by atoms with van der Waals surface area (Å²) in [6.45, 7) is 2.47. The molecule has 1 aromatic carbocycles. The number of hydrogen-bond acceptors (Lipinski definition) is 4. The molecule has 1 amide bonds. The van der Waals surface area contributed by atoms with Crippen LogP contribution >= 0.6 is 0 Å². The second-order valence-electron chi connectivity index (χ2n) is 3.47. The minimum atomic E-state index is -0.552. The Morgan fingerprint density at radius 3 is 2.31 bits per heavy atom. The highest BCUT2D eigenvalue weighted by Crippen LogP contribution is 2.31. The van der Waals surface area contributed by atoms with E-state index in [1.54, 1.807) is 0 Å². The molecule has 0 heterocycles. The summed E-state index contributed by atoms with van der Waals surface area (Å²) >= 11 is 0. The van der Waals surface area contributed by atoms with E-state index >= 15 is 0 Å². The van der Waals surface area contributed by atoms with Crippen LogP contribution in [0.2, 0.25) is 0 Å². The van der Waals surface area contributed by atoms with Crippen LogP contribution in [0.25, 0.3) is 0 Å². The lowest BCUT2D eigenvalue weighted by molar-refractivity contribution is 0.0947. The fourth-order valence-corrected chi connectivity index (χ4v) is 1.30. The van der Waals surface area contributed by atoms with Crippen LogP contribution in [-0.4, -0.2) is 27.8 Å². The molecule has 0 aliphatic heterocycles. The number of amides is 1. The summed E-state index contributed by atoms with van der Waals surface area (Å²) in [6.07, 6.45) is 1.76. The first-order chi connectivity index (χ1) is 7.56. The number of hydrogen-bond donors (Lipinski definition) is 4. The van der Waals surface area contributed by atoms with Crippen molar-refractivity contribution in [3.8, 4) is 17.2 Å². The second-order valence-corrected chi connectivity index (χ2v) is 3.47. The molecule has 0 saturated heterocycles. The third-order valence-corrected chi connectivity index (χ3v) is 2.12. The summed E-state index contributed by atoms with van der Waals surface area (Å²) in [5.41, 5.74) is -0.214. The summed E-state index contributed by atoms with van der Waals surface area (Å²) in [7, 11) is 0. The van der Waals surface area contributed by atoms with E-state index < -0.39 is 17.4 Å². The van der Waals surface area contributed by atoms with Gasteiger partial charge in [0.05, 0.1) is 0 Å². The zero-order chi connectivity index (χ0) is 12.1. The number of nitrogens with one attached hydrogen (secondary N) is 1. The Kier molecular flexibility index (Phi) is 3.99. The van der Waals surface area contributed by atoms with E-state index in [4.69, 9.17) is 5.11 Å². The van der Waals surface area contributed by atoms with Gasteiger partial charge in [0.1, 0.15) is 22.8 Å². The van der Waals surface area contributed by atoms with Gasteiger partial charge in [-0.25, -0.2) is 0 Å². The van der Waals surface area contributed by atoms with Crippen LogP contribution in [0.1, 0.15) is 30.1 Å². The normalized spacial score (nSPS) is 10.1. The average Bonchev–Trinajstić information content (AvgIpc) is 2.16. The number of phenolic OH excluding ortho intramolecular Hbond substituents is 3. The second kappa shape index (κ2) is 5.25. The van der Waals surface area contributed by atoms with Gasteiger partial charge in [0.2, 0.25) is 0 Å². The van der Waals surface area contributed by atoms with Crippen LogP contribution in [0.4, 0.5) is 0 Å². The maximum atomic E-state index is 11.6. The van der Waals surface area contributed by atoms with Crippen LogP contribution in [0.15, 0.2) is 12.1 Å². The van der Waals surface area contributed by atoms with Crippen LogP contribution in [0.5, 0.6) is 17.2 Å². The van der Waals surface area contributed by atoms with Crippen molar-refractivity contribution >= 4 is 5.91 Å². The average molecular weight is 225 g/mol. The molecule has 1 aromatic rings. The summed E-state index contributed by atoms with van der Waals surface area (Å²) in [6, 6.07) is 2.02. The Labute approximate surface area is 93.4 Å². The molecule has 0 radical (unpaired) electrons. The van der Waals surface area contributed by atoms with Gasteiger partial charge >= 0.3 is 0 Å². The lowest BCUT2D eigenvalue weighted by Gasteiger charge is -2.08. The molecule has 4 N–H and O–H groups in total. The molecule has 0 bridgehead atoms. The van der Waals surface area contributed by atoms with Crippen molar-refractivity contribution in [2.24, 2.45) is 0 Å². The van der Waals surface area contributed by atoms with E-state index in [9.17, 15) is 15.0 Å². The minimum Gasteiger partial charge on any atom is -0.508 e. The maximum absolute atomic E-state index is 11.6. The molecule has 16 heavy (non-hydrogen) atoms. The molecule has 0 spiro atoms. The van der Waals surface area contributed by atoms with E-state index in [2.05, 4.69) is 5.32 Å². The number of benzene rings is 1. The van der Waals surface area contributed by atoms with E-state index in [0.29, 0.717) is 6.54 Å². The molecule has 88 valence electrons. The highest BCUT2D eigenvalue weighted by Gasteiger charge is 2.16. The zero-order valence-corrected chi connectivity index (χ0v) is 9.03. The number of carbonyl (C=O) groups excluding carboxylic acids is 1. The van der Waals surface area contributed by atoms with E-state index in [-0.39, 0.29) is 11.3 Å². The highest BCUT2D eigenvalue weighted by molar-refractivity contribution is 5.99. The first-order valence-corrected chi connectivity index (χ1v) is 5.09. The number of carbonyl (C=O) groups is 1. The lowest BCUT2D eigenvalue weighted by Crippen LogP contribution is -2.24. The third-order valence-electron chi connectivity index (χ3n) is 2.12. The topological polar surface area (TPSA) is 89.8 Å². The zero-order valence-electron chi connectivity index (χ0n) is 9.03. The molecule has 0 saturated carbocycles. The Morgan fingerprint density at radius 1 is 1.25 bits per heavy atom. The molecule has 0 fully saturated rings. The number of aromatic hydroxyl groups is 3. The molecular weight excluding hydrogens is 210 g/mol. The Morgan fingerprint density at radius 2 is 1.81 bits per heavy atom. The van der Waals surface area contributed by atoms with Crippen molar-refractivity contribution in [3.63, 3.8) is 0 Å². The molecule has 5 heteroatoms. The Bertz CT molecular complexity index is 367. The van der Waals surface area contributed by atoms with Gasteiger partial charge in [-0.05, 0) is 6.42 Å². The third kappa shape index (κ3) is 2.79. The van der Waals surface area contributed by atoms with Gasteiger partial charge in [0, 0.05) is 18.7 Å². The van der Waals surface area contributed by atoms with Gasteiger partial charge in [-0.3, -0.25) is 4.79 Å². The summed E-state index contributed by atoms with van der Waals surface area (Å²) in [5.74, 6) is -1.72. The quantitative estimate of drug-likeness (QED) is 0.582. The number of phenols is 3. The summed E-state index contributed by atoms with van der Waals surface area (Å²) in [5, 5.41) is 30.5. The van der Waals surface area contributed by atoms with Crippen molar-refractivity contribution in [2.75, 3.05) is 6.54 Å². The van der Waals surface area contributed by atoms with E-state index in [1.807, 2.05) is 6.92 Å². The lowest BCUT2D eigenvalue weighted by atomic mass is 10.1. The van der Waals surface area contributed by atoms with Crippen LogP contribution in [-0.2, 0) is 0 Å². The fourth-order valence-electron chi connectivity index (χ4n) is 1.30. The molecule has 5 nitrogen and oxygen atoms in total. The first kappa shape index (κ1) is 12.2.